The Bertz CT molecular complexity index is 326. The summed E-state index contributed by atoms with van der Waals surface area (Å²) in [7, 11) is 0. The smallest absolute Gasteiger partial charge is 0.321 e. The van der Waals surface area contributed by atoms with E-state index >= 15 is 0 Å². The average molecular weight is 285 g/mol. The molecule has 116 valence electrons. The van der Waals surface area contributed by atoms with E-state index in [1.165, 1.54) is 0 Å². The molecule has 1 atom stereocenters. The Kier molecular flexibility index (Phi) is 6.95. The highest BCUT2D eigenvalue weighted by molar-refractivity contribution is 5.96. The van der Waals surface area contributed by atoms with Gasteiger partial charge in [0.1, 0.15) is 0 Å². The number of carbonyl (C=O) groups excluding carboxylic acids is 2. The summed E-state index contributed by atoms with van der Waals surface area (Å²) in [5.74, 6) is -0.381. The lowest BCUT2D eigenvalue weighted by atomic mass is 9.94. The molecule has 0 radical (unpaired) electrons. The van der Waals surface area contributed by atoms with Crippen molar-refractivity contribution in [3.8, 4) is 0 Å². The standard InChI is InChI=1S/C14H27N3O3/c1-3-15-13(19)17-12(18)11(2)16-10-14(20)8-6-4-5-7-9-14/h11,16,20H,3-10H2,1-2H3,(H2,15,17,18,19). The lowest BCUT2D eigenvalue weighted by Gasteiger charge is -2.28. The number of rotatable bonds is 5. The molecule has 6 nitrogen and oxygen atoms in total. The Morgan fingerprint density at radius 1 is 1.20 bits per heavy atom. The number of hydrogen-bond donors (Lipinski definition) is 4. The summed E-state index contributed by atoms with van der Waals surface area (Å²) >= 11 is 0. The van der Waals surface area contributed by atoms with E-state index < -0.39 is 17.7 Å². The van der Waals surface area contributed by atoms with Gasteiger partial charge in [-0.3, -0.25) is 10.1 Å². The lowest BCUT2D eigenvalue weighted by Crippen LogP contribution is -2.51. The third-order valence-electron chi connectivity index (χ3n) is 3.74. The highest BCUT2D eigenvalue weighted by Gasteiger charge is 2.29. The van der Waals surface area contributed by atoms with Crippen molar-refractivity contribution in [3.63, 3.8) is 0 Å². The van der Waals surface area contributed by atoms with E-state index in [9.17, 15) is 14.7 Å². The molecule has 3 amide bonds. The molecule has 1 rings (SSSR count). The molecule has 1 unspecified atom stereocenters. The second kappa shape index (κ2) is 8.21. The van der Waals surface area contributed by atoms with Crippen LogP contribution in [0.4, 0.5) is 4.79 Å². The predicted molar refractivity (Wildman–Crippen MR) is 77.3 cm³/mol. The van der Waals surface area contributed by atoms with Gasteiger partial charge < -0.3 is 15.7 Å². The third-order valence-corrected chi connectivity index (χ3v) is 3.74. The van der Waals surface area contributed by atoms with Gasteiger partial charge in [-0.05, 0) is 26.7 Å². The number of amides is 3. The number of imide groups is 1. The molecule has 0 aromatic rings. The van der Waals surface area contributed by atoms with E-state index in [1.54, 1.807) is 13.8 Å². The van der Waals surface area contributed by atoms with Gasteiger partial charge in [-0.25, -0.2) is 4.79 Å². The van der Waals surface area contributed by atoms with E-state index in [0.29, 0.717) is 13.1 Å². The van der Waals surface area contributed by atoms with Crippen LogP contribution in [-0.4, -0.2) is 41.8 Å². The Morgan fingerprint density at radius 3 is 2.35 bits per heavy atom. The van der Waals surface area contributed by atoms with Crippen LogP contribution < -0.4 is 16.0 Å². The van der Waals surface area contributed by atoms with Gasteiger partial charge in [-0.2, -0.15) is 0 Å². The molecule has 0 spiro atoms. The Balaban J connectivity index is 2.35. The molecule has 0 aromatic carbocycles. The Hall–Kier alpha value is -1.14. The monoisotopic (exact) mass is 285 g/mol. The lowest BCUT2D eigenvalue weighted by molar-refractivity contribution is -0.121. The van der Waals surface area contributed by atoms with Crippen molar-refractivity contribution in [2.45, 2.75) is 64.0 Å². The van der Waals surface area contributed by atoms with Gasteiger partial charge in [-0.1, -0.05) is 25.7 Å². The van der Waals surface area contributed by atoms with Gasteiger partial charge in [0, 0.05) is 13.1 Å². The predicted octanol–water partition coefficient (Wildman–Crippen LogP) is 0.895. The molecule has 6 heteroatoms. The average Bonchev–Trinajstić information content (AvgIpc) is 2.61. The first-order chi connectivity index (χ1) is 9.47. The quantitative estimate of drug-likeness (QED) is 0.565. The van der Waals surface area contributed by atoms with Gasteiger partial charge >= 0.3 is 6.03 Å². The molecule has 0 bridgehead atoms. The maximum atomic E-state index is 11.8. The number of hydrogen-bond acceptors (Lipinski definition) is 4. The van der Waals surface area contributed by atoms with E-state index in [1.807, 2.05) is 0 Å². The maximum absolute atomic E-state index is 11.8. The zero-order valence-electron chi connectivity index (χ0n) is 12.5. The van der Waals surface area contributed by atoms with Gasteiger partial charge in [-0.15, -0.1) is 0 Å². The minimum Gasteiger partial charge on any atom is -0.389 e. The SMILES string of the molecule is CCNC(=O)NC(=O)C(C)NCC1(O)CCCCCC1. The Morgan fingerprint density at radius 2 is 1.80 bits per heavy atom. The zero-order chi connectivity index (χ0) is 15.0. The molecule has 0 saturated heterocycles. The van der Waals surface area contributed by atoms with Crippen LogP contribution in [0.2, 0.25) is 0 Å². The molecule has 0 heterocycles. The van der Waals surface area contributed by atoms with Crippen LogP contribution in [0.15, 0.2) is 0 Å². The fourth-order valence-corrected chi connectivity index (χ4v) is 2.42. The van der Waals surface area contributed by atoms with Crippen molar-refractivity contribution in [2.24, 2.45) is 0 Å². The van der Waals surface area contributed by atoms with E-state index in [2.05, 4.69) is 16.0 Å². The molecular weight excluding hydrogens is 258 g/mol. The number of nitrogens with one attached hydrogen (secondary N) is 3. The molecule has 0 aliphatic heterocycles. The van der Waals surface area contributed by atoms with Gasteiger partial charge in [0.05, 0.1) is 11.6 Å². The van der Waals surface area contributed by atoms with E-state index in [0.717, 1.165) is 38.5 Å². The van der Waals surface area contributed by atoms with E-state index in [-0.39, 0.29) is 5.91 Å². The van der Waals surface area contributed by atoms with Crippen molar-refractivity contribution in [3.05, 3.63) is 0 Å². The van der Waals surface area contributed by atoms with Gasteiger partial charge in [0.15, 0.2) is 0 Å². The topological polar surface area (TPSA) is 90.5 Å². The summed E-state index contributed by atoms with van der Waals surface area (Å²) < 4.78 is 0. The number of aliphatic hydroxyl groups is 1. The second-order valence-electron chi connectivity index (χ2n) is 5.59. The van der Waals surface area contributed by atoms with Crippen molar-refractivity contribution in [1.82, 2.24) is 16.0 Å². The summed E-state index contributed by atoms with van der Waals surface area (Å²) in [5, 5.41) is 18.3. The fraction of sp³-hybridized carbons (Fsp3) is 0.857. The first-order valence-electron chi connectivity index (χ1n) is 7.51. The van der Waals surface area contributed by atoms with Crippen molar-refractivity contribution in [2.75, 3.05) is 13.1 Å². The zero-order valence-corrected chi connectivity index (χ0v) is 12.5. The van der Waals surface area contributed by atoms with Crippen LogP contribution in [0, 0.1) is 0 Å². The highest BCUT2D eigenvalue weighted by Crippen LogP contribution is 2.26. The molecule has 1 aliphatic carbocycles. The Labute approximate surface area is 120 Å². The van der Waals surface area contributed by atoms with Gasteiger partial charge in [0.2, 0.25) is 5.91 Å². The fourth-order valence-electron chi connectivity index (χ4n) is 2.42. The largest absolute Gasteiger partial charge is 0.389 e. The van der Waals surface area contributed by atoms with Crippen LogP contribution in [0.3, 0.4) is 0 Å². The first kappa shape index (κ1) is 16.9. The molecule has 1 saturated carbocycles. The first-order valence-corrected chi connectivity index (χ1v) is 7.51. The van der Waals surface area contributed by atoms with Crippen molar-refractivity contribution in [1.29, 1.82) is 0 Å². The van der Waals surface area contributed by atoms with Crippen LogP contribution >= 0.6 is 0 Å². The minimum absolute atomic E-state index is 0.381. The summed E-state index contributed by atoms with van der Waals surface area (Å²) in [6.07, 6.45) is 5.91. The molecule has 0 aromatic heterocycles. The maximum Gasteiger partial charge on any atom is 0.321 e. The third kappa shape index (κ3) is 5.88. The van der Waals surface area contributed by atoms with Crippen LogP contribution in [0.25, 0.3) is 0 Å². The molecule has 20 heavy (non-hydrogen) atoms. The second-order valence-corrected chi connectivity index (χ2v) is 5.59. The van der Waals surface area contributed by atoms with Crippen LogP contribution in [0.1, 0.15) is 52.4 Å². The summed E-state index contributed by atoms with van der Waals surface area (Å²) in [6.45, 7) is 4.33. The summed E-state index contributed by atoms with van der Waals surface area (Å²) in [4.78, 5) is 23.0. The number of urea groups is 1. The van der Waals surface area contributed by atoms with Crippen LogP contribution in [0.5, 0.6) is 0 Å². The highest BCUT2D eigenvalue weighted by atomic mass is 16.3. The van der Waals surface area contributed by atoms with Crippen molar-refractivity contribution >= 4 is 11.9 Å². The number of carbonyl (C=O) groups is 2. The normalized spacial score (nSPS) is 19.8. The molecule has 1 aliphatic rings. The minimum atomic E-state index is -0.725. The van der Waals surface area contributed by atoms with Crippen molar-refractivity contribution < 1.29 is 14.7 Å². The molecule has 4 N–H and O–H groups in total. The van der Waals surface area contributed by atoms with Crippen LogP contribution in [-0.2, 0) is 4.79 Å². The summed E-state index contributed by atoms with van der Waals surface area (Å²) in [5.41, 5.74) is -0.725. The van der Waals surface area contributed by atoms with E-state index in [4.69, 9.17) is 0 Å². The molecule has 1 fully saturated rings. The molecular formula is C14H27N3O3. The summed E-state index contributed by atoms with van der Waals surface area (Å²) in [6, 6.07) is -0.996. The van der Waals surface area contributed by atoms with Gasteiger partial charge in [0.25, 0.3) is 0 Å².